The summed E-state index contributed by atoms with van der Waals surface area (Å²) in [5.74, 6) is 0.00539. The van der Waals surface area contributed by atoms with Crippen LogP contribution in [-0.2, 0) is 6.18 Å². The molecule has 2 aromatic rings. The van der Waals surface area contributed by atoms with Gasteiger partial charge in [-0.3, -0.25) is 4.79 Å². The molecule has 3 N–H and O–H groups in total. The highest BCUT2D eigenvalue weighted by Gasteiger charge is 2.30. The fourth-order valence-electron chi connectivity index (χ4n) is 3.32. The Kier molecular flexibility index (Phi) is 6.18. The lowest BCUT2D eigenvalue weighted by molar-refractivity contribution is -0.137. The molecule has 1 amide bonds. The van der Waals surface area contributed by atoms with Crippen molar-refractivity contribution in [2.45, 2.75) is 38.0 Å². The van der Waals surface area contributed by atoms with E-state index in [2.05, 4.69) is 15.6 Å². The highest BCUT2D eigenvalue weighted by molar-refractivity contribution is 6.07. The Balaban J connectivity index is 1.67. The molecule has 0 unspecified atom stereocenters. The summed E-state index contributed by atoms with van der Waals surface area (Å²) in [7, 11) is 0. The van der Waals surface area contributed by atoms with Crippen LogP contribution in [0.4, 0.5) is 24.7 Å². The molecule has 1 aliphatic rings. The first-order valence-electron chi connectivity index (χ1n) is 9.20. The first-order chi connectivity index (χ1) is 13.3. The number of aliphatic hydroxyl groups is 1. The number of aliphatic hydroxyl groups excluding tert-OH is 1. The number of carbonyl (C=O) groups excluding carboxylic acids is 1. The van der Waals surface area contributed by atoms with Crippen LogP contribution in [-0.4, -0.2) is 28.6 Å². The number of hydrogen-bond acceptors (Lipinski definition) is 4. The summed E-state index contributed by atoms with van der Waals surface area (Å²) < 4.78 is 37.9. The first-order valence-corrected chi connectivity index (χ1v) is 9.20. The van der Waals surface area contributed by atoms with Crippen LogP contribution in [0.5, 0.6) is 0 Å². The molecule has 0 saturated heterocycles. The smallest absolute Gasteiger partial charge is 0.393 e. The van der Waals surface area contributed by atoms with Gasteiger partial charge in [0.2, 0.25) is 0 Å². The number of rotatable bonds is 5. The third-order valence-corrected chi connectivity index (χ3v) is 4.92. The van der Waals surface area contributed by atoms with Gasteiger partial charge in [0, 0.05) is 24.3 Å². The maximum absolute atomic E-state index is 12.6. The Morgan fingerprint density at radius 3 is 2.54 bits per heavy atom. The topological polar surface area (TPSA) is 74.2 Å². The SMILES string of the molecule is O=C(Nc1ccc(C(F)(F)F)cc1)c1cccnc1NC[C@@H]1CCCC[C@@H]1O. The molecule has 0 aliphatic heterocycles. The van der Waals surface area contributed by atoms with Crippen molar-refractivity contribution in [2.75, 3.05) is 17.2 Å². The summed E-state index contributed by atoms with van der Waals surface area (Å²) in [5, 5.41) is 15.8. The van der Waals surface area contributed by atoms with Crippen molar-refractivity contribution in [3.05, 3.63) is 53.7 Å². The molecule has 2 atom stereocenters. The van der Waals surface area contributed by atoms with E-state index in [4.69, 9.17) is 0 Å². The molecule has 1 heterocycles. The van der Waals surface area contributed by atoms with Gasteiger partial charge < -0.3 is 15.7 Å². The van der Waals surface area contributed by atoms with Crippen LogP contribution >= 0.6 is 0 Å². The number of nitrogens with zero attached hydrogens (tertiary/aromatic N) is 1. The lowest BCUT2D eigenvalue weighted by Crippen LogP contribution is -2.31. The number of alkyl halides is 3. The van der Waals surface area contributed by atoms with Crippen molar-refractivity contribution in [1.29, 1.82) is 0 Å². The van der Waals surface area contributed by atoms with Gasteiger partial charge in [-0.1, -0.05) is 12.8 Å². The molecule has 1 aromatic heterocycles. The Bertz CT molecular complexity index is 809. The van der Waals surface area contributed by atoms with Crippen molar-refractivity contribution in [2.24, 2.45) is 5.92 Å². The van der Waals surface area contributed by atoms with Crippen molar-refractivity contribution in [1.82, 2.24) is 4.98 Å². The molecule has 0 radical (unpaired) electrons. The molecule has 0 bridgehead atoms. The largest absolute Gasteiger partial charge is 0.416 e. The first kappa shape index (κ1) is 20.1. The van der Waals surface area contributed by atoms with E-state index in [0.717, 1.165) is 37.8 Å². The fourth-order valence-corrected chi connectivity index (χ4v) is 3.32. The fraction of sp³-hybridized carbons (Fsp3) is 0.400. The summed E-state index contributed by atoms with van der Waals surface area (Å²) >= 11 is 0. The average molecular weight is 393 g/mol. The Morgan fingerprint density at radius 2 is 1.86 bits per heavy atom. The highest BCUT2D eigenvalue weighted by Crippen LogP contribution is 2.30. The molecular weight excluding hydrogens is 371 g/mol. The monoisotopic (exact) mass is 393 g/mol. The van der Waals surface area contributed by atoms with Gasteiger partial charge in [-0.15, -0.1) is 0 Å². The molecule has 1 aliphatic carbocycles. The number of pyridine rings is 1. The Labute approximate surface area is 161 Å². The Morgan fingerprint density at radius 1 is 1.14 bits per heavy atom. The van der Waals surface area contributed by atoms with Crippen molar-refractivity contribution in [3.8, 4) is 0 Å². The molecule has 3 rings (SSSR count). The van der Waals surface area contributed by atoms with Gasteiger partial charge in [-0.05, 0) is 49.2 Å². The zero-order chi connectivity index (χ0) is 20.1. The van der Waals surface area contributed by atoms with Crippen LogP contribution in [0.25, 0.3) is 0 Å². The number of halogens is 3. The van der Waals surface area contributed by atoms with Crippen LogP contribution < -0.4 is 10.6 Å². The minimum atomic E-state index is -4.42. The summed E-state index contributed by atoms with van der Waals surface area (Å²) in [4.78, 5) is 16.8. The van der Waals surface area contributed by atoms with E-state index in [1.54, 1.807) is 18.3 Å². The van der Waals surface area contributed by atoms with E-state index in [9.17, 15) is 23.1 Å². The van der Waals surface area contributed by atoms with Gasteiger partial charge >= 0.3 is 6.18 Å². The van der Waals surface area contributed by atoms with E-state index in [1.165, 1.54) is 12.1 Å². The van der Waals surface area contributed by atoms with Gasteiger partial charge in [-0.25, -0.2) is 4.98 Å². The third kappa shape index (κ3) is 5.01. The number of aromatic nitrogens is 1. The molecular formula is C20H22F3N3O2. The third-order valence-electron chi connectivity index (χ3n) is 4.92. The van der Waals surface area contributed by atoms with Gasteiger partial charge in [0.05, 0.1) is 17.2 Å². The minimum Gasteiger partial charge on any atom is -0.393 e. The molecule has 150 valence electrons. The zero-order valence-electron chi connectivity index (χ0n) is 15.2. The van der Waals surface area contributed by atoms with Gasteiger partial charge in [0.15, 0.2) is 0 Å². The lowest BCUT2D eigenvalue weighted by Gasteiger charge is -2.28. The number of hydrogen-bond donors (Lipinski definition) is 3. The van der Waals surface area contributed by atoms with E-state index in [1.807, 2.05) is 0 Å². The summed E-state index contributed by atoms with van der Waals surface area (Å²) in [6.07, 6.45) is 0.523. The standard InChI is InChI=1S/C20H22F3N3O2/c21-20(22,23)14-7-9-15(10-8-14)26-19(28)16-5-3-11-24-18(16)25-12-13-4-1-2-6-17(13)27/h3,5,7-11,13,17,27H,1-2,4,6,12H2,(H,24,25)(H,26,28)/t13-,17-/m0/s1. The van der Waals surface area contributed by atoms with Crippen LogP contribution in [0, 0.1) is 5.92 Å². The van der Waals surface area contributed by atoms with E-state index < -0.39 is 17.6 Å². The van der Waals surface area contributed by atoms with Crippen molar-refractivity contribution in [3.63, 3.8) is 0 Å². The summed E-state index contributed by atoms with van der Waals surface area (Å²) in [6.45, 7) is 0.499. The van der Waals surface area contributed by atoms with Crippen LogP contribution in [0.2, 0.25) is 0 Å². The molecule has 1 aromatic carbocycles. The number of amides is 1. The van der Waals surface area contributed by atoms with Crippen molar-refractivity contribution < 1.29 is 23.1 Å². The minimum absolute atomic E-state index is 0.0987. The van der Waals surface area contributed by atoms with Crippen LogP contribution in [0.3, 0.4) is 0 Å². The van der Waals surface area contributed by atoms with E-state index in [-0.39, 0.29) is 23.3 Å². The summed E-state index contributed by atoms with van der Waals surface area (Å²) in [6, 6.07) is 7.46. The van der Waals surface area contributed by atoms with E-state index in [0.29, 0.717) is 12.4 Å². The second kappa shape index (κ2) is 8.60. The maximum atomic E-state index is 12.6. The van der Waals surface area contributed by atoms with Gasteiger partial charge in [0.1, 0.15) is 5.82 Å². The second-order valence-electron chi connectivity index (χ2n) is 6.92. The second-order valence-corrected chi connectivity index (χ2v) is 6.92. The number of anilines is 2. The molecule has 5 nitrogen and oxygen atoms in total. The lowest BCUT2D eigenvalue weighted by atomic mass is 9.86. The molecule has 28 heavy (non-hydrogen) atoms. The van der Waals surface area contributed by atoms with Gasteiger partial charge in [-0.2, -0.15) is 13.2 Å². The Hall–Kier alpha value is -2.61. The average Bonchev–Trinajstić information content (AvgIpc) is 2.67. The molecule has 0 spiro atoms. The number of nitrogens with one attached hydrogen (secondary N) is 2. The number of carbonyl (C=O) groups is 1. The predicted octanol–water partition coefficient (Wildman–Crippen LogP) is 4.32. The predicted molar refractivity (Wildman–Crippen MR) is 100 cm³/mol. The zero-order valence-corrected chi connectivity index (χ0v) is 15.2. The normalized spacial score (nSPS) is 19.9. The highest BCUT2D eigenvalue weighted by atomic mass is 19.4. The molecule has 8 heteroatoms. The number of benzene rings is 1. The van der Waals surface area contributed by atoms with Crippen LogP contribution in [0.15, 0.2) is 42.6 Å². The maximum Gasteiger partial charge on any atom is 0.416 e. The van der Waals surface area contributed by atoms with Crippen molar-refractivity contribution >= 4 is 17.4 Å². The van der Waals surface area contributed by atoms with Gasteiger partial charge in [0.25, 0.3) is 5.91 Å². The summed E-state index contributed by atoms with van der Waals surface area (Å²) in [5.41, 5.74) is -0.233. The molecule has 1 fully saturated rings. The molecule has 1 saturated carbocycles. The van der Waals surface area contributed by atoms with Crippen LogP contribution in [0.1, 0.15) is 41.6 Å². The quantitative estimate of drug-likeness (QED) is 0.708. The van der Waals surface area contributed by atoms with E-state index >= 15 is 0 Å².